The first-order valence-corrected chi connectivity index (χ1v) is 4.57. The van der Waals surface area contributed by atoms with Gasteiger partial charge in [0.05, 0.1) is 6.61 Å². The molecule has 0 rings (SSSR count). The van der Waals surface area contributed by atoms with Gasteiger partial charge in [0.25, 0.3) is 0 Å². The molecule has 16 heavy (non-hydrogen) atoms. The summed E-state index contributed by atoms with van der Waals surface area (Å²) in [7, 11) is 0. The van der Waals surface area contributed by atoms with Crippen LogP contribution in [0.2, 0.25) is 0 Å². The molecule has 0 aromatic heterocycles. The van der Waals surface area contributed by atoms with E-state index >= 15 is 0 Å². The minimum absolute atomic E-state index is 0. The van der Waals surface area contributed by atoms with Crippen LogP contribution in [0, 0.1) is 5.41 Å². The molecule has 0 aliphatic heterocycles. The Morgan fingerprint density at radius 3 is 2.31 bits per heavy atom. The van der Waals surface area contributed by atoms with Crippen molar-refractivity contribution < 1.29 is 54.5 Å². The van der Waals surface area contributed by atoms with Crippen molar-refractivity contribution in [2.24, 2.45) is 5.41 Å². The fourth-order valence-electron chi connectivity index (χ4n) is 0.826. The maximum absolute atomic E-state index is 11.2. The van der Waals surface area contributed by atoms with Gasteiger partial charge in [-0.25, -0.2) is 0 Å². The molecular formula is C9H16NNaO5. The summed E-state index contributed by atoms with van der Waals surface area (Å²) < 4.78 is 0. The zero-order chi connectivity index (χ0) is 12.1. The third-order valence-electron chi connectivity index (χ3n) is 2.02. The fraction of sp³-hybridized carbons (Fsp3) is 0.778. The second-order valence-corrected chi connectivity index (χ2v) is 3.96. The average molecular weight is 241 g/mol. The molecule has 1 atom stereocenters. The SMILES string of the molecule is CC(C)(CO)[C@H](O)C(=O)NCCC(=O)[O-].[Na+]. The maximum Gasteiger partial charge on any atom is 1.00 e. The third-order valence-corrected chi connectivity index (χ3v) is 2.02. The second-order valence-electron chi connectivity index (χ2n) is 3.96. The molecule has 6 nitrogen and oxygen atoms in total. The predicted molar refractivity (Wildman–Crippen MR) is 49.5 cm³/mol. The molecule has 0 saturated heterocycles. The van der Waals surface area contributed by atoms with E-state index in [9.17, 15) is 19.8 Å². The van der Waals surface area contributed by atoms with Crippen molar-refractivity contribution >= 4 is 11.9 Å². The van der Waals surface area contributed by atoms with E-state index in [1.807, 2.05) is 0 Å². The Balaban J connectivity index is 0. The van der Waals surface area contributed by atoms with Crippen molar-refractivity contribution in [3.8, 4) is 0 Å². The molecule has 0 aliphatic rings. The van der Waals surface area contributed by atoms with E-state index in [1.54, 1.807) is 0 Å². The Morgan fingerprint density at radius 2 is 1.94 bits per heavy atom. The van der Waals surface area contributed by atoms with Gasteiger partial charge < -0.3 is 25.4 Å². The first kappa shape index (κ1) is 18.2. The van der Waals surface area contributed by atoms with Crippen molar-refractivity contribution in [3.63, 3.8) is 0 Å². The van der Waals surface area contributed by atoms with Crippen LogP contribution in [0.1, 0.15) is 20.3 Å². The molecule has 0 aromatic rings. The van der Waals surface area contributed by atoms with Gasteiger partial charge in [0.2, 0.25) is 5.91 Å². The number of carboxylic acid groups (broad SMARTS) is 1. The molecule has 0 fully saturated rings. The molecule has 1 amide bonds. The van der Waals surface area contributed by atoms with Gasteiger partial charge in [0.1, 0.15) is 6.10 Å². The van der Waals surface area contributed by atoms with Crippen LogP contribution in [-0.2, 0) is 9.59 Å². The third kappa shape index (κ3) is 6.44. The van der Waals surface area contributed by atoms with E-state index in [0.717, 1.165) is 0 Å². The van der Waals surface area contributed by atoms with Crippen LogP contribution in [0.15, 0.2) is 0 Å². The normalized spacial score (nSPS) is 12.5. The van der Waals surface area contributed by atoms with Crippen LogP contribution >= 0.6 is 0 Å². The second kappa shape index (κ2) is 8.03. The molecule has 0 spiro atoms. The first-order valence-electron chi connectivity index (χ1n) is 4.57. The monoisotopic (exact) mass is 241 g/mol. The van der Waals surface area contributed by atoms with E-state index < -0.39 is 23.4 Å². The van der Waals surface area contributed by atoms with Crippen molar-refractivity contribution in [1.29, 1.82) is 0 Å². The summed E-state index contributed by atoms with van der Waals surface area (Å²) in [6, 6.07) is 0. The van der Waals surface area contributed by atoms with Gasteiger partial charge in [-0.3, -0.25) is 4.79 Å². The number of nitrogens with one attached hydrogen (secondary N) is 1. The summed E-state index contributed by atoms with van der Waals surface area (Å²) in [5, 5.41) is 30.6. The van der Waals surface area contributed by atoms with Crippen LogP contribution in [0.3, 0.4) is 0 Å². The van der Waals surface area contributed by atoms with E-state index in [4.69, 9.17) is 5.11 Å². The number of carboxylic acids is 1. The number of aliphatic hydroxyl groups excluding tert-OH is 2. The Kier molecular flexibility index (Phi) is 9.14. The summed E-state index contributed by atoms with van der Waals surface area (Å²) in [5.41, 5.74) is -0.953. The van der Waals surface area contributed by atoms with E-state index in [2.05, 4.69) is 5.32 Å². The molecule has 0 heterocycles. The Hall–Kier alpha value is -0.140. The molecule has 7 heteroatoms. The van der Waals surface area contributed by atoms with Crippen LogP contribution in [-0.4, -0.2) is 41.3 Å². The van der Waals surface area contributed by atoms with Crippen molar-refractivity contribution in [1.82, 2.24) is 5.32 Å². The number of amides is 1. The maximum atomic E-state index is 11.2. The standard InChI is InChI=1S/C9H17NO5.Na/c1-9(2,5-11)7(14)8(15)10-4-3-6(12)13;/h7,11,14H,3-5H2,1-2H3,(H,10,15)(H,12,13);/q;+1/p-1/t7-;/m1./s1. The number of aliphatic hydroxyl groups is 2. The fourth-order valence-corrected chi connectivity index (χ4v) is 0.826. The van der Waals surface area contributed by atoms with Gasteiger partial charge in [0, 0.05) is 24.3 Å². The van der Waals surface area contributed by atoms with Crippen LogP contribution in [0.25, 0.3) is 0 Å². The molecule has 0 aromatic carbocycles. The van der Waals surface area contributed by atoms with Gasteiger partial charge in [0.15, 0.2) is 0 Å². The minimum atomic E-state index is -1.37. The zero-order valence-electron chi connectivity index (χ0n) is 9.82. The number of carbonyl (C=O) groups is 2. The summed E-state index contributed by atoms with van der Waals surface area (Å²) in [6.07, 6.45) is -1.68. The quantitative estimate of drug-likeness (QED) is 0.402. The zero-order valence-corrected chi connectivity index (χ0v) is 11.8. The van der Waals surface area contributed by atoms with E-state index in [-0.39, 0.29) is 49.1 Å². The number of rotatable bonds is 6. The topological polar surface area (TPSA) is 110 Å². The molecule has 0 radical (unpaired) electrons. The minimum Gasteiger partial charge on any atom is -0.550 e. The van der Waals surface area contributed by atoms with Crippen molar-refractivity contribution in [2.45, 2.75) is 26.4 Å². The molecule has 88 valence electrons. The van der Waals surface area contributed by atoms with Gasteiger partial charge >= 0.3 is 29.6 Å². The summed E-state index contributed by atoms with van der Waals surface area (Å²) in [4.78, 5) is 21.3. The van der Waals surface area contributed by atoms with Gasteiger partial charge in [-0.15, -0.1) is 0 Å². The van der Waals surface area contributed by atoms with Crippen LogP contribution < -0.4 is 40.0 Å². The number of hydrogen-bond donors (Lipinski definition) is 3. The molecule has 0 saturated carbocycles. The Labute approximate surface area is 116 Å². The number of carbonyl (C=O) groups excluding carboxylic acids is 2. The molecule has 0 bridgehead atoms. The predicted octanol–water partition coefficient (Wildman–Crippen LogP) is -5.37. The molecular weight excluding hydrogens is 225 g/mol. The van der Waals surface area contributed by atoms with Crippen LogP contribution in [0.4, 0.5) is 0 Å². The van der Waals surface area contributed by atoms with Gasteiger partial charge in [-0.05, 0) is 0 Å². The molecule has 3 N–H and O–H groups in total. The molecule has 0 unspecified atom stereocenters. The Bertz CT molecular complexity index is 244. The largest absolute Gasteiger partial charge is 1.00 e. The summed E-state index contributed by atoms with van der Waals surface area (Å²) in [5.74, 6) is -1.97. The average Bonchev–Trinajstić information content (AvgIpc) is 2.15. The van der Waals surface area contributed by atoms with E-state index in [0.29, 0.717) is 0 Å². The van der Waals surface area contributed by atoms with Crippen molar-refractivity contribution in [3.05, 3.63) is 0 Å². The number of aliphatic carboxylic acids is 1. The smallest absolute Gasteiger partial charge is 0.550 e. The van der Waals surface area contributed by atoms with Crippen molar-refractivity contribution in [2.75, 3.05) is 13.2 Å². The number of hydrogen-bond acceptors (Lipinski definition) is 5. The molecule has 0 aliphatic carbocycles. The summed E-state index contributed by atoms with van der Waals surface area (Å²) >= 11 is 0. The van der Waals surface area contributed by atoms with E-state index in [1.165, 1.54) is 13.8 Å². The van der Waals surface area contributed by atoms with Crippen LogP contribution in [0.5, 0.6) is 0 Å². The Morgan fingerprint density at radius 1 is 1.44 bits per heavy atom. The van der Waals surface area contributed by atoms with Gasteiger partial charge in [-0.2, -0.15) is 0 Å². The first-order chi connectivity index (χ1) is 6.81. The summed E-state index contributed by atoms with van der Waals surface area (Å²) in [6.45, 7) is 2.60. The van der Waals surface area contributed by atoms with Gasteiger partial charge in [-0.1, -0.05) is 13.8 Å².